The lowest BCUT2D eigenvalue weighted by Crippen LogP contribution is -2.33. The van der Waals surface area contributed by atoms with Crippen LogP contribution in [0.4, 0.5) is 8.78 Å². The van der Waals surface area contributed by atoms with E-state index in [-0.39, 0.29) is 29.4 Å². The number of nitrogens with one attached hydrogen (secondary N) is 1. The summed E-state index contributed by atoms with van der Waals surface area (Å²) in [6.45, 7) is 0. The van der Waals surface area contributed by atoms with Gasteiger partial charge in [0.05, 0.1) is 10.9 Å². The van der Waals surface area contributed by atoms with Crippen molar-refractivity contribution in [2.75, 3.05) is 0 Å². The average Bonchev–Trinajstić information content (AvgIpc) is 2.73. The second kappa shape index (κ2) is 9.67. The summed E-state index contributed by atoms with van der Waals surface area (Å²) in [5.74, 6) is 0.288. The van der Waals surface area contributed by atoms with Crippen LogP contribution < -0.4 is 11.2 Å². The fourth-order valence-corrected chi connectivity index (χ4v) is 5.88. The molecule has 0 bridgehead atoms. The van der Waals surface area contributed by atoms with Gasteiger partial charge in [-0.25, -0.2) is 8.78 Å². The molecule has 0 radical (unpaired) electrons. The first-order valence-corrected chi connectivity index (χ1v) is 12.0. The predicted octanol–water partition coefficient (Wildman–Crippen LogP) is 5.44. The van der Waals surface area contributed by atoms with E-state index in [1.54, 1.807) is 6.07 Å². The molecular weight excluding hydrogens is 412 g/mol. The van der Waals surface area contributed by atoms with Crippen molar-refractivity contribution in [2.45, 2.75) is 76.6 Å². The Bertz CT molecular complexity index is 987. The molecule has 2 aromatic rings. The standard InChI is InChI=1S/C16H26F2.C9H7N3O2/c17-16(18)9-7-13(8-10-16)15-6-2-5-14(11-15)12-3-1-4-12;10-9(14)8-7-5(1-3-12-8)11-4-2-6(7)13/h12-15H,1-11H2;1-4H,(H2,10,14)(H,11,13). The number of carbonyl (C=O) groups is 1. The minimum Gasteiger partial charge on any atom is -0.364 e. The number of rotatable bonds is 3. The van der Waals surface area contributed by atoms with Crippen LogP contribution in [0.15, 0.2) is 29.3 Å². The molecule has 2 heterocycles. The van der Waals surface area contributed by atoms with Crippen LogP contribution in [0, 0.1) is 23.7 Å². The second-order valence-corrected chi connectivity index (χ2v) is 9.86. The van der Waals surface area contributed by atoms with E-state index in [9.17, 15) is 18.4 Å². The van der Waals surface area contributed by atoms with Crippen LogP contribution in [0.2, 0.25) is 0 Å². The molecule has 3 fully saturated rings. The Labute approximate surface area is 187 Å². The quantitative estimate of drug-likeness (QED) is 0.659. The Morgan fingerprint density at radius 3 is 2.16 bits per heavy atom. The summed E-state index contributed by atoms with van der Waals surface area (Å²) in [4.78, 5) is 29.0. The van der Waals surface area contributed by atoms with Crippen LogP contribution in [0.25, 0.3) is 10.9 Å². The zero-order valence-corrected chi connectivity index (χ0v) is 18.5. The molecule has 174 valence electrons. The second-order valence-electron chi connectivity index (χ2n) is 9.86. The minimum atomic E-state index is -2.35. The molecule has 32 heavy (non-hydrogen) atoms. The van der Waals surface area contributed by atoms with E-state index >= 15 is 0 Å². The maximum absolute atomic E-state index is 13.2. The first-order chi connectivity index (χ1) is 15.3. The summed E-state index contributed by atoms with van der Waals surface area (Å²) in [7, 11) is 0. The lowest BCUT2D eigenvalue weighted by Gasteiger charge is -2.43. The molecule has 2 atom stereocenters. The molecule has 7 heteroatoms. The Hall–Kier alpha value is -2.31. The number of carbonyl (C=O) groups excluding carboxylic acids is 1. The van der Waals surface area contributed by atoms with Gasteiger partial charge in [-0.05, 0) is 49.0 Å². The van der Waals surface area contributed by atoms with E-state index in [4.69, 9.17) is 5.73 Å². The first-order valence-electron chi connectivity index (χ1n) is 12.0. The molecule has 3 aliphatic rings. The van der Waals surface area contributed by atoms with Gasteiger partial charge in [-0.3, -0.25) is 14.6 Å². The molecule has 2 aromatic heterocycles. The van der Waals surface area contributed by atoms with Crippen LogP contribution in [0.5, 0.6) is 0 Å². The van der Waals surface area contributed by atoms with Crippen molar-refractivity contribution in [2.24, 2.45) is 29.4 Å². The van der Waals surface area contributed by atoms with E-state index in [2.05, 4.69) is 9.97 Å². The van der Waals surface area contributed by atoms with Crippen molar-refractivity contribution in [1.82, 2.24) is 9.97 Å². The van der Waals surface area contributed by atoms with E-state index < -0.39 is 11.8 Å². The van der Waals surface area contributed by atoms with Gasteiger partial charge in [0.25, 0.3) is 5.91 Å². The van der Waals surface area contributed by atoms with E-state index in [0.29, 0.717) is 11.4 Å². The molecule has 3 aliphatic carbocycles. The van der Waals surface area contributed by atoms with Gasteiger partial charge >= 0.3 is 0 Å². The van der Waals surface area contributed by atoms with Gasteiger partial charge in [-0.2, -0.15) is 0 Å². The van der Waals surface area contributed by atoms with Gasteiger partial charge in [-0.1, -0.05) is 38.5 Å². The van der Waals surface area contributed by atoms with Gasteiger partial charge in [0.2, 0.25) is 5.92 Å². The zero-order valence-electron chi connectivity index (χ0n) is 18.5. The molecular formula is C25H33F2N3O2. The minimum absolute atomic E-state index is 0.00403. The van der Waals surface area contributed by atoms with Gasteiger partial charge in [0, 0.05) is 31.3 Å². The molecule has 2 unspecified atom stereocenters. The van der Waals surface area contributed by atoms with Crippen molar-refractivity contribution in [1.29, 1.82) is 0 Å². The van der Waals surface area contributed by atoms with E-state index in [1.165, 1.54) is 63.4 Å². The number of nitrogens with two attached hydrogens (primary N) is 1. The van der Waals surface area contributed by atoms with Crippen LogP contribution in [0.1, 0.15) is 81.1 Å². The summed E-state index contributed by atoms with van der Waals surface area (Å²) in [5, 5.41) is 0.238. The van der Waals surface area contributed by atoms with Gasteiger partial charge in [-0.15, -0.1) is 0 Å². The number of alkyl halides is 2. The summed E-state index contributed by atoms with van der Waals surface area (Å²) in [6.07, 6.45) is 14.6. The van der Waals surface area contributed by atoms with Gasteiger partial charge in [0.1, 0.15) is 5.69 Å². The number of fused-ring (bicyclic) bond motifs is 1. The molecule has 0 spiro atoms. The third kappa shape index (κ3) is 5.18. The number of pyridine rings is 2. The fourth-order valence-electron chi connectivity index (χ4n) is 5.88. The van der Waals surface area contributed by atoms with Crippen molar-refractivity contribution in [3.63, 3.8) is 0 Å². The van der Waals surface area contributed by atoms with Gasteiger partial charge < -0.3 is 10.7 Å². The Balaban J connectivity index is 0.000000158. The Morgan fingerprint density at radius 1 is 0.969 bits per heavy atom. The number of hydrogen-bond donors (Lipinski definition) is 2. The van der Waals surface area contributed by atoms with Gasteiger partial charge in [0.15, 0.2) is 5.43 Å². The molecule has 1 amide bonds. The third-order valence-electron chi connectivity index (χ3n) is 7.90. The number of H-pyrrole nitrogens is 1. The van der Waals surface area contributed by atoms with Crippen LogP contribution >= 0.6 is 0 Å². The number of amides is 1. The summed E-state index contributed by atoms with van der Waals surface area (Å²) in [6, 6.07) is 2.94. The smallest absolute Gasteiger partial charge is 0.268 e. The summed E-state index contributed by atoms with van der Waals surface area (Å²) < 4.78 is 26.4. The molecule has 5 nitrogen and oxygen atoms in total. The third-order valence-corrected chi connectivity index (χ3v) is 7.90. The van der Waals surface area contributed by atoms with Crippen molar-refractivity contribution >= 4 is 16.8 Å². The largest absolute Gasteiger partial charge is 0.364 e. The Kier molecular flexibility index (Phi) is 6.91. The SMILES string of the molecule is FC1(F)CCC(C2CCCC(C3CCC3)C2)CC1.NC(=O)c1nccc2[nH]ccc(=O)c12. The number of nitrogens with zero attached hydrogens (tertiary/aromatic N) is 1. The van der Waals surface area contributed by atoms with Crippen molar-refractivity contribution < 1.29 is 13.6 Å². The maximum atomic E-state index is 13.2. The first kappa shape index (κ1) is 22.9. The monoisotopic (exact) mass is 445 g/mol. The molecule has 0 aliphatic heterocycles. The number of primary amides is 1. The highest BCUT2D eigenvalue weighted by Gasteiger charge is 2.40. The number of halogens is 2. The normalized spacial score (nSPS) is 26.1. The average molecular weight is 446 g/mol. The predicted molar refractivity (Wildman–Crippen MR) is 121 cm³/mol. The molecule has 3 saturated carbocycles. The highest BCUT2D eigenvalue weighted by atomic mass is 19.3. The topological polar surface area (TPSA) is 88.8 Å². The van der Waals surface area contributed by atoms with E-state index in [0.717, 1.165) is 30.6 Å². The van der Waals surface area contributed by atoms with Crippen LogP contribution in [-0.2, 0) is 0 Å². The summed E-state index contributed by atoms with van der Waals surface area (Å²) >= 11 is 0. The molecule has 5 rings (SSSR count). The van der Waals surface area contributed by atoms with Crippen molar-refractivity contribution in [3.05, 3.63) is 40.4 Å². The lowest BCUT2D eigenvalue weighted by molar-refractivity contribution is -0.0569. The van der Waals surface area contributed by atoms with Crippen LogP contribution in [-0.4, -0.2) is 21.8 Å². The zero-order chi connectivity index (χ0) is 22.7. The van der Waals surface area contributed by atoms with E-state index in [1.807, 2.05) is 0 Å². The summed E-state index contributed by atoms with van der Waals surface area (Å²) in [5.41, 5.74) is 5.39. The highest BCUT2D eigenvalue weighted by molar-refractivity contribution is 6.03. The number of aromatic nitrogens is 2. The number of hydrogen-bond acceptors (Lipinski definition) is 3. The Morgan fingerprint density at radius 2 is 1.56 bits per heavy atom. The fraction of sp³-hybridized carbons (Fsp3) is 0.640. The lowest BCUT2D eigenvalue weighted by atomic mass is 9.63. The van der Waals surface area contributed by atoms with Crippen molar-refractivity contribution in [3.8, 4) is 0 Å². The maximum Gasteiger partial charge on any atom is 0.268 e. The van der Waals surface area contributed by atoms with Crippen LogP contribution in [0.3, 0.4) is 0 Å². The number of aromatic amines is 1. The highest BCUT2D eigenvalue weighted by Crippen LogP contribution is 2.48. The molecule has 3 N–H and O–H groups in total. The molecule has 0 saturated heterocycles. The molecule has 0 aromatic carbocycles.